The van der Waals surface area contributed by atoms with Crippen molar-refractivity contribution >= 4 is 75.5 Å². The number of hydrazine groups is 1. The van der Waals surface area contributed by atoms with Gasteiger partial charge in [0.1, 0.15) is 0 Å². The van der Waals surface area contributed by atoms with E-state index < -0.39 is 23.6 Å². The fourth-order valence-corrected chi connectivity index (χ4v) is 4.10. The van der Waals surface area contributed by atoms with Crippen molar-refractivity contribution in [2.24, 2.45) is 5.92 Å². The molecule has 4 rings (SSSR count). The summed E-state index contributed by atoms with van der Waals surface area (Å²) < 4.78 is 0. The van der Waals surface area contributed by atoms with Crippen molar-refractivity contribution in [1.29, 1.82) is 0 Å². The first-order valence-corrected chi connectivity index (χ1v) is 11.2. The van der Waals surface area contributed by atoms with Crippen LogP contribution in [0.4, 0.5) is 11.4 Å². The first-order chi connectivity index (χ1) is 15.8. The van der Waals surface area contributed by atoms with Gasteiger partial charge in [0, 0.05) is 26.6 Å². The van der Waals surface area contributed by atoms with E-state index in [1.807, 2.05) is 0 Å². The molecule has 1 saturated heterocycles. The van der Waals surface area contributed by atoms with E-state index in [1.165, 1.54) is 0 Å². The first kappa shape index (κ1) is 23.4. The van der Waals surface area contributed by atoms with Crippen LogP contribution >= 0.6 is 46.4 Å². The normalized spacial score (nSPS) is 14.2. The lowest BCUT2D eigenvalue weighted by molar-refractivity contribution is -0.137. The van der Waals surface area contributed by atoms with E-state index in [2.05, 4.69) is 5.32 Å². The molecular weight excluding hydrogens is 508 g/mol. The second kappa shape index (κ2) is 9.61. The minimum absolute atomic E-state index is 0.0216. The van der Waals surface area contributed by atoms with E-state index in [1.54, 1.807) is 66.7 Å². The molecule has 1 heterocycles. The third-order valence-electron chi connectivity index (χ3n) is 4.98. The van der Waals surface area contributed by atoms with Crippen molar-refractivity contribution in [3.63, 3.8) is 0 Å². The number of nitrogens with one attached hydrogen (secondary N) is 1. The maximum Gasteiger partial charge on any atom is 0.268 e. The number of hydrogen-bond donors (Lipinski definition) is 1. The molecule has 10 heteroatoms. The third-order valence-corrected chi connectivity index (χ3v) is 6.08. The monoisotopic (exact) mass is 521 g/mol. The van der Waals surface area contributed by atoms with Gasteiger partial charge in [-0.2, -0.15) is 0 Å². The number of rotatable bonds is 5. The predicted molar refractivity (Wildman–Crippen MR) is 130 cm³/mol. The topological polar surface area (TPSA) is 69.7 Å². The number of hydrogen-bond acceptors (Lipinski definition) is 3. The van der Waals surface area contributed by atoms with E-state index in [9.17, 15) is 14.4 Å². The van der Waals surface area contributed by atoms with Crippen molar-refractivity contribution in [3.8, 4) is 0 Å². The van der Waals surface area contributed by atoms with Crippen LogP contribution in [0.25, 0.3) is 0 Å². The third kappa shape index (κ3) is 4.80. The van der Waals surface area contributed by atoms with Gasteiger partial charge in [-0.05, 0) is 66.2 Å². The van der Waals surface area contributed by atoms with Gasteiger partial charge in [-0.25, -0.2) is 10.0 Å². The van der Waals surface area contributed by atoms with E-state index in [-0.39, 0.29) is 6.54 Å². The standard InChI is InChI=1S/C23H15Cl4N3O3/c24-14-3-7-17(8-4-14)29-22(32)20(23(33)30(29)18-9-5-15(25)6-10-18)21(31)28-12-13-1-2-16(26)11-19(13)27/h1-11,20H,12H2,(H,28,31). The maximum atomic E-state index is 13.3. The molecule has 33 heavy (non-hydrogen) atoms. The van der Waals surface area contributed by atoms with Gasteiger partial charge in [0.05, 0.1) is 11.4 Å². The van der Waals surface area contributed by atoms with Crippen LogP contribution in [0, 0.1) is 5.92 Å². The van der Waals surface area contributed by atoms with Crippen molar-refractivity contribution in [3.05, 3.63) is 92.4 Å². The number of carbonyl (C=O) groups excluding carboxylic acids is 3. The largest absolute Gasteiger partial charge is 0.351 e. The fourth-order valence-electron chi connectivity index (χ4n) is 3.37. The molecule has 168 valence electrons. The highest BCUT2D eigenvalue weighted by molar-refractivity contribution is 6.35. The summed E-state index contributed by atoms with van der Waals surface area (Å²) in [4.78, 5) is 39.6. The minimum Gasteiger partial charge on any atom is -0.351 e. The zero-order valence-electron chi connectivity index (χ0n) is 16.8. The Hall–Kier alpha value is -2.77. The highest BCUT2D eigenvalue weighted by Gasteiger charge is 2.51. The molecule has 3 amide bonds. The molecule has 3 aromatic rings. The van der Waals surface area contributed by atoms with Crippen LogP contribution in [-0.4, -0.2) is 17.7 Å². The summed E-state index contributed by atoms with van der Waals surface area (Å²) in [5.41, 5.74) is 1.35. The lowest BCUT2D eigenvalue weighted by atomic mass is 10.1. The zero-order valence-corrected chi connectivity index (χ0v) is 19.8. The Morgan fingerprint density at radius 2 is 1.18 bits per heavy atom. The Morgan fingerprint density at radius 3 is 1.64 bits per heavy atom. The van der Waals surface area contributed by atoms with Crippen molar-refractivity contribution < 1.29 is 14.4 Å². The van der Waals surface area contributed by atoms with E-state index >= 15 is 0 Å². The van der Waals surface area contributed by atoms with Crippen LogP contribution in [0.1, 0.15) is 5.56 Å². The smallest absolute Gasteiger partial charge is 0.268 e. The molecule has 1 fully saturated rings. The number of amides is 3. The Bertz CT molecular complexity index is 1170. The zero-order chi connectivity index (χ0) is 23.7. The number of anilines is 2. The van der Waals surface area contributed by atoms with Gasteiger partial charge in [-0.3, -0.25) is 14.4 Å². The molecule has 0 aromatic heterocycles. The lowest BCUT2D eigenvalue weighted by Gasteiger charge is -2.27. The van der Waals surface area contributed by atoms with Gasteiger partial charge in [-0.1, -0.05) is 52.5 Å². The average Bonchev–Trinajstić information content (AvgIpc) is 3.04. The highest BCUT2D eigenvalue weighted by Crippen LogP contribution is 2.33. The summed E-state index contributed by atoms with van der Waals surface area (Å²) >= 11 is 24.0. The summed E-state index contributed by atoms with van der Waals surface area (Å²) in [5, 5.41) is 6.66. The Kier molecular flexibility index (Phi) is 6.81. The quantitative estimate of drug-likeness (QED) is 0.448. The van der Waals surface area contributed by atoms with Crippen LogP contribution in [0.5, 0.6) is 0 Å². The Balaban J connectivity index is 1.64. The lowest BCUT2D eigenvalue weighted by Crippen LogP contribution is -2.41. The molecule has 0 spiro atoms. The Labute approximate surface area is 209 Å². The molecule has 6 nitrogen and oxygen atoms in total. The van der Waals surface area contributed by atoms with Gasteiger partial charge >= 0.3 is 0 Å². The number of nitrogens with zero attached hydrogens (tertiary/aromatic N) is 2. The molecule has 1 aliphatic rings. The number of halogens is 4. The summed E-state index contributed by atoms with van der Waals surface area (Å²) in [5.74, 6) is -3.72. The SMILES string of the molecule is O=C(NCc1ccc(Cl)cc1Cl)C1C(=O)N(c2ccc(Cl)cc2)N(c2ccc(Cl)cc2)C1=O. The van der Waals surface area contributed by atoms with Gasteiger partial charge < -0.3 is 5.32 Å². The molecule has 0 aliphatic carbocycles. The van der Waals surface area contributed by atoms with E-state index in [0.717, 1.165) is 10.0 Å². The van der Waals surface area contributed by atoms with Gasteiger partial charge in [-0.15, -0.1) is 0 Å². The Morgan fingerprint density at radius 1 is 0.727 bits per heavy atom. The van der Waals surface area contributed by atoms with Crippen LogP contribution in [0.15, 0.2) is 66.7 Å². The van der Waals surface area contributed by atoms with Crippen molar-refractivity contribution in [2.75, 3.05) is 10.0 Å². The van der Waals surface area contributed by atoms with E-state index in [4.69, 9.17) is 46.4 Å². The van der Waals surface area contributed by atoms with Crippen molar-refractivity contribution in [1.82, 2.24) is 5.32 Å². The second-order valence-electron chi connectivity index (χ2n) is 7.14. The molecule has 3 aromatic carbocycles. The van der Waals surface area contributed by atoms with Crippen LogP contribution in [-0.2, 0) is 20.9 Å². The van der Waals surface area contributed by atoms with Gasteiger partial charge in [0.15, 0.2) is 5.92 Å². The minimum atomic E-state index is -1.58. The first-order valence-electron chi connectivity index (χ1n) is 9.67. The van der Waals surface area contributed by atoms with E-state index in [0.29, 0.717) is 37.0 Å². The van der Waals surface area contributed by atoms with Gasteiger partial charge in [0.25, 0.3) is 11.8 Å². The molecule has 0 saturated carbocycles. The van der Waals surface area contributed by atoms with Crippen LogP contribution < -0.4 is 15.3 Å². The number of carbonyl (C=O) groups is 3. The van der Waals surface area contributed by atoms with Crippen LogP contribution in [0.3, 0.4) is 0 Å². The fraction of sp³-hybridized carbons (Fsp3) is 0.0870. The molecule has 0 atom stereocenters. The summed E-state index contributed by atoms with van der Waals surface area (Å²) in [6, 6.07) is 17.5. The second-order valence-corrected chi connectivity index (χ2v) is 8.86. The predicted octanol–water partition coefficient (Wildman–Crippen LogP) is 5.53. The van der Waals surface area contributed by atoms with Crippen molar-refractivity contribution in [2.45, 2.75) is 6.54 Å². The number of benzene rings is 3. The maximum absolute atomic E-state index is 13.3. The summed E-state index contributed by atoms with van der Waals surface area (Å²) in [6.07, 6.45) is 0. The molecule has 0 radical (unpaired) electrons. The molecule has 1 N–H and O–H groups in total. The van der Waals surface area contributed by atoms with Crippen LogP contribution in [0.2, 0.25) is 20.1 Å². The average molecular weight is 523 g/mol. The highest BCUT2D eigenvalue weighted by atomic mass is 35.5. The van der Waals surface area contributed by atoms with Gasteiger partial charge in [0.2, 0.25) is 5.91 Å². The molecule has 1 aliphatic heterocycles. The summed E-state index contributed by atoms with van der Waals surface area (Å²) in [7, 11) is 0. The molecule has 0 unspecified atom stereocenters. The molecule has 0 bridgehead atoms. The molecular formula is C23H15Cl4N3O3. The summed E-state index contributed by atoms with van der Waals surface area (Å²) in [6.45, 7) is 0.0216.